The zero-order valence-corrected chi connectivity index (χ0v) is 34.5. The summed E-state index contributed by atoms with van der Waals surface area (Å²) < 4.78 is 11.4. The van der Waals surface area contributed by atoms with Crippen molar-refractivity contribution in [3.63, 3.8) is 0 Å². The molecule has 6 heteroatoms. The zero-order valence-electron chi connectivity index (χ0n) is 34.5. The van der Waals surface area contributed by atoms with E-state index in [4.69, 9.17) is 9.47 Å². The summed E-state index contributed by atoms with van der Waals surface area (Å²) in [4.78, 5) is 27.3. The van der Waals surface area contributed by atoms with Crippen LogP contribution in [0.25, 0.3) is 0 Å². The van der Waals surface area contributed by atoms with Gasteiger partial charge in [0.15, 0.2) is 0 Å². The third-order valence-corrected chi connectivity index (χ3v) is 11.4. The minimum atomic E-state index is -0.0293. The maximum absolute atomic E-state index is 12.9. The Kier molecular flexibility index (Phi) is 32.5. The molecule has 1 fully saturated rings. The van der Waals surface area contributed by atoms with Crippen molar-refractivity contribution in [2.45, 2.75) is 226 Å². The van der Waals surface area contributed by atoms with Crippen molar-refractivity contribution in [2.75, 3.05) is 39.5 Å². The number of unbranched alkanes of at least 4 members (excludes halogenated alkanes) is 20. The van der Waals surface area contributed by atoms with Crippen LogP contribution in [0.5, 0.6) is 0 Å². The summed E-state index contributed by atoms with van der Waals surface area (Å²) in [5.41, 5.74) is 0.210. The van der Waals surface area contributed by atoms with Crippen molar-refractivity contribution in [2.24, 2.45) is 11.3 Å². The lowest BCUT2D eigenvalue weighted by Crippen LogP contribution is -2.29. The Morgan fingerprint density at radius 1 is 0.569 bits per heavy atom. The SMILES string of the molecule is CCCCCCCCCOC(=O)CCCCCCCN(CCO)CCCCCC1(CC(=O)OCC(CCCCCCC)CCCCCCC)CC1. The molecule has 0 aliphatic heterocycles. The van der Waals surface area contributed by atoms with Gasteiger partial charge >= 0.3 is 11.9 Å². The number of esters is 2. The van der Waals surface area contributed by atoms with Crippen LogP contribution in [-0.2, 0) is 19.1 Å². The molecule has 0 amide bonds. The maximum atomic E-state index is 12.9. The van der Waals surface area contributed by atoms with Crippen molar-refractivity contribution < 1.29 is 24.2 Å². The van der Waals surface area contributed by atoms with Gasteiger partial charge in [-0.1, -0.05) is 156 Å². The molecule has 0 aromatic heterocycles. The number of ether oxygens (including phenoxy) is 2. The highest BCUT2D eigenvalue weighted by atomic mass is 16.5. The Labute approximate surface area is 317 Å². The van der Waals surface area contributed by atoms with Crippen LogP contribution in [0.4, 0.5) is 0 Å². The largest absolute Gasteiger partial charge is 0.466 e. The first-order valence-electron chi connectivity index (χ1n) is 22.6. The molecule has 0 aromatic rings. The lowest BCUT2D eigenvalue weighted by Gasteiger charge is -2.21. The first kappa shape index (κ1) is 47.9. The van der Waals surface area contributed by atoms with E-state index in [2.05, 4.69) is 25.7 Å². The highest BCUT2D eigenvalue weighted by molar-refractivity contribution is 5.70. The summed E-state index contributed by atoms with van der Waals surface area (Å²) in [6.07, 6.45) is 37.8. The van der Waals surface area contributed by atoms with E-state index in [1.165, 1.54) is 148 Å². The summed E-state index contributed by atoms with van der Waals surface area (Å²) in [6, 6.07) is 0. The predicted octanol–water partition coefficient (Wildman–Crippen LogP) is 12.5. The van der Waals surface area contributed by atoms with E-state index in [1.807, 2.05) is 0 Å². The van der Waals surface area contributed by atoms with E-state index in [-0.39, 0.29) is 24.0 Å². The van der Waals surface area contributed by atoms with E-state index in [0.29, 0.717) is 32.0 Å². The third kappa shape index (κ3) is 29.9. The second-order valence-corrected chi connectivity index (χ2v) is 16.4. The van der Waals surface area contributed by atoms with E-state index >= 15 is 0 Å². The number of carbonyl (C=O) groups is 2. The minimum Gasteiger partial charge on any atom is -0.466 e. The number of aliphatic hydroxyl groups excluding tert-OH is 1. The van der Waals surface area contributed by atoms with Crippen LogP contribution < -0.4 is 0 Å². The number of aliphatic hydroxyl groups is 1. The van der Waals surface area contributed by atoms with Gasteiger partial charge in [0.1, 0.15) is 0 Å². The highest BCUT2D eigenvalue weighted by Gasteiger charge is 2.44. The van der Waals surface area contributed by atoms with Gasteiger partial charge in [-0.15, -0.1) is 0 Å². The van der Waals surface area contributed by atoms with E-state index in [9.17, 15) is 14.7 Å². The van der Waals surface area contributed by atoms with Crippen LogP contribution >= 0.6 is 0 Å². The van der Waals surface area contributed by atoms with Crippen LogP contribution in [0, 0.1) is 11.3 Å². The predicted molar refractivity (Wildman–Crippen MR) is 216 cm³/mol. The summed E-state index contributed by atoms with van der Waals surface area (Å²) in [5.74, 6) is 0.551. The molecule has 1 N–H and O–H groups in total. The average molecular weight is 722 g/mol. The fraction of sp³-hybridized carbons (Fsp3) is 0.956. The van der Waals surface area contributed by atoms with Gasteiger partial charge in [0.05, 0.1) is 26.2 Å². The summed E-state index contributed by atoms with van der Waals surface area (Å²) in [6.45, 7) is 11.0. The van der Waals surface area contributed by atoms with Gasteiger partial charge in [-0.05, 0) is 82.2 Å². The van der Waals surface area contributed by atoms with Crippen LogP contribution in [-0.4, -0.2) is 61.4 Å². The number of carbonyl (C=O) groups excluding carboxylic acids is 2. The van der Waals surface area contributed by atoms with E-state index in [0.717, 1.165) is 64.6 Å². The fourth-order valence-electron chi connectivity index (χ4n) is 7.59. The van der Waals surface area contributed by atoms with Crippen LogP contribution in [0.3, 0.4) is 0 Å². The van der Waals surface area contributed by atoms with E-state index in [1.54, 1.807) is 0 Å². The number of rotatable bonds is 40. The van der Waals surface area contributed by atoms with Gasteiger partial charge in [-0.3, -0.25) is 9.59 Å². The molecular weight excluding hydrogens is 634 g/mol. The summed E-state index contributed by atoms with van der Waals surface area (Å²) in [7, 11) is 0. The number of hydrogen-bond donors (Lipinski definition) is 1. The Hall–Kier alpha value is -1.14. The third-order valence-electron chi connectivity index (χ3n) is 11.4. The monoisotopic (exact) mass is 722 g/mol. The molecule has 0 bridgehead atoms. The second kappa shape index (κ2) is 34.6. The molecule has 302 valence electrons. The lowest BCUT2D eigenvalue weighted by molar-refractivity contribution is -0.147. The quantitative estimate of drug-likeness (QED) is 0.0501. The van der Waals surface area contributed by atoms with Crippen molar-refractivity contribution in [3.05, 3.63) is 0 Å². The molecule has 1 aliphatic carbocycles. The fourth-order valence-corrected chi connectivity index (χ4v) is 7.59. The lowest BCUT2D eigenvalue weighted by atomic mass is 9.94. The molecule has 6 nitrogen and oxygen atoms in total. The molecule has 0 aromatic carbocycles. The van der Waals surface area contributed by atoms with E-state index < -0.39 is 0 Å². The topological polar surface area (TPSA) is 76.1 Å². The Balaban J connectivity index is 2.14. The number of hydrogen-bond acceptors (Lipinski definition) is 6. The molecule has 0 atom stereocenters. The van der Waals surface area contributed by atoms with Crippen LogP contribution in [0.15, 0.2) is 0 Å². The number of nitrogens with zero attached hydrogens (tertiary/aromatic N) is 1. The zero-order chi connectivity index (χ0) is 37.1. The molecule has 0 saturated heterocycles. The standard InChI is InChI=1S/C45H87NO5/c1-4-7-10-13-14-20-28-39-50-43(48)31-24-18-15-19-26-35-46(37-38-47)36-27-21-25-32-45(33-34-45)40-44(49)51-41-42(29-22-16-11-8-5-2)30-23-17-12-9-6-3/h42,47H,4-41H2,1-3H3. The average Bonchev–Trinajstić information content (AvgIpc) is 3.89. The molecule has 0 heterocycles. The highest BCUT2D eigenvalue weighted by Crippen LogP contribution is 2.53. The molecule has 0 spiro atoms. The van der Waals surface area contributed by atoms with Crippen LogP contribution in [0.2, 0.25) is 0 Å². The van der Waals surface area contributed by atoms with Gasteiger partial charge in [0.2, 0.25) is 0 Å². The first-order valence-corrected chi connectivity index (χ1v) is 22.6. The van der Waals surface area contributed by atoms with Crippen molar-refractivity contribution in [1.82, 2.24) is 4.90 Å². The first-order chi connectivity index (χ1) is 25.0. The molecule has 0 radical (unpaired) electrons. The molecule has 51 heavy (non-hydrogen) atoms. The van der Waals surface area contributed by atoms with Gasteiger partial charge < -0.3 is 19.5 Å². The Morgan fingerprint density at radius 3 is 1.61 bits per heavy atom. The molecule has 1 rings (SSSR count). The molecule has 0 unspecified atom stereocenters. The van der Waals surface area contributed by atoms with Gasteiger partial charge in [0.25, 0.3) is 0 Å². The minimum absolute atomic E-state index is 0.0293. The second-order valence-electron chi connectivity index (χ2n) is 16.4. The molecular formula is C45H87NO5. The smallest absolute Gasteiger partial charge is 0.306 e. The summed E-state index contributed by atoms with van der Waals surface area (Å²) in [5, 5.41) is 9.59. The van der Waals surface area contributed by atoms with Gasteiger partial charge in [-0.2, -0.15) is 0 Å². The van der Waals surface area contributed by atoms with Crippen molar-refractivity contribution >= 4 is 11.9 Å². The van der Waals surface area contributed by atoms with Crippen molar-refractivity contribution in [3.8, 4) is 0 Å². The molecule has 1 saturated carbocycles. The Morgan fingerprint density at radius 2 is 1.06 bits per heavy atom. The molecule has 1 aliphatic rings. The van der Waals surface area contributed by atoms with Gasteiger partial charge in [0, 0.05) is 13.0 Å². The van der Waals surface area contributed by atoms with Gasteiger partial charge in [-0.25, -0.2) is 0 Å². The maximum Gasteiger partial charge on any atom is 0.306 e. The normalized spacial score (nSPS) is 13.7. The van der Waals surface area contributed by atoms with Crippen molar-refractivity contribution in [1.29, 1.82) is 0 Å². The van der Waals surface area contributed by atoms with Crippen LogP contribution in [0.1, 0.15) is 226 Å². The Bertz CT molecular complexity index is 771. The summed E-state index contributed by atoms with van der Waals surface area (Å²) >= 11 is 0.